The summed E-state index contributed by atoms with van der Waals surface area (Å²) < 4.78 is 0. The molecule has 0 aromatic heterocycles. The number of benzene rings is 1. The number of nitrogens with one attached hydrogen (secondary N) is 1. The van der Waals surface area contributed by atoms with Crippen molar-refractivity contribution >= 4 is 6.03 Å². The zero-order valence-corrected chi connectivity index (χ0v) is 13.7. The van der Waals surface area contributed by atoms with Gasteiger partial charge in [0.2, 0.25) is 0 Å². The molecular weight excluding hydrogens is 290 g/mol. The quantitative estimate of drug-likeness (QED) is 0.804. The summed E-state index contributed by atoms with van der Waals surface area (Å²) in [4.78, 5) is 16.7. The second-order valence-electron chi connectivity index (χ2n) is 6.70. The molecule has 1 unspecified atom stereocenters. The van der Waals surface area contributed by atoms with Gasteiger partial charge >= 0.3 is 6.03 Å². The maximum Gasteiger partial charge on any atom is 0.317 e. The molecule has 5 heteroatoms. The van der Waals surface area contributed by atoms with Crippen LogP contribution in [-0.4, -0.2) is 59.8 Å². The van der Waals surface area contributed by atoms with Crippen LogP contribution >= 0.6 is 0 Å². The zero-order chi connectivity index (χ0) is 16.1. The predicted octanol–water partition coefficient (Wildman–Crippen LogP) is 1.67. The molecule has 0 spiro atoms. The van der Waals surface area contributed by atoms with E-state index in [0.29, 0.717) is 19.0 Å². The number of carbonyl (C=O) groups is 1. The van der Waals surface area contributed by atoms with E-state index >= 15 is 0 Å². The van der Waals surface area contributed by atoms with Crippen LogP contribution in [0.2, 0.25) is 0 Å². The second-order valence-corrected chi connectivity index (χ2v) is 6.70. The van der Waals surface area contributed by atoms with Gasteiger partial charge in [-0.1, -0.05) is 30.3 Å². The highest BCUT2D eigenvalue weighted by Crippen LogP contribution is 2.31. The minimum Gasteiger partial charge on any atom is -0.395 e. The molecular formula is C18H27N3O2. The Morgan fingerprint density at radius 3 is 2.74 bits per heavy atom. The normalized spacial score (nSPS) is 21.3. The highest BCUT2D eigenvalue weighted by Gasteiger charge is 2.34. The summed E-state index contributed by atoms with van der Waals surface area (Å²) in [6.07, 6.45) is 3.87. The summed E-state index contributed by atoms with van der Waals surface area (Å²) in [6, 6.07) is 10.6. The van der Waals surface area contributed by atoms with E-state index in [-0.39, 0.29) is 12.6 Å². The van der Waals surface area contributed by atoms with E-state index in [1.807, 2.05) is 30.3 Å². The standard InChI is InChI=1S/C18H27N3O2/c22-11-10-21(13-15-4-2-1-3-5-15)18(23)19-12-16-8-9-20(14-16)17-6-7-17/h1-5,16-17,22H,6-14H2,(H,19,23). The SMILES string of the molecule is O=C(NCC1CCN(C2CC2)C1)N(CCO)Cc1ccccc1. The van der Waals surface area contributed by atoms with Gasteiger partial charge in [0, 0.05) is 32.2 Å². The average Bonchev–Trinajstić information content (AvgIpc) is 3.32. The number of hydrogen-bond acceptors (Lipinski definition) is 3. The Morgan fingerprint density at radius 2 is 2.04 bits per heavy atom. The number of urea groups is 1. The largest absolute Gasteiger partial charge is 0.395 e. The van der Waals surface area contributed by atoms with Gasteiger partial charge in [0.15, 0.2) is 0 Å². The van der Waals surface area contributed by atoms with Crippen LogP contribution in [0.5, 0.6) is 0 Å². The highest BCUT2D eigenvalue weighted by atomic mass is 16.3. The predicted molar refractivity (Wildman–Crippen MR) is 90.0 cm³/mol. The molecule has 1 aliphatic heterocycles. The van der Waals surface area contributed by atoms with Gasteiger partial charge in [-0.15, -0.1) is 0 Å². The van der Waals surface area contributed by atoms with E-state index < -0.39 is 0 Å². The minimum absolute atomic E-state index is 0.0147. The topological polar surface area (TPSA) is 55.8 Å². The molecule has 0 bridgehead atoms. The van der Waals surface area contributed by atoms with E-state index in [4.69, 9.17) is 0 Å². The first-order valence-corrected chi connectivity index (χ1v) is 8.68. The second kappa shape index (κ2) is 7.79. The Bertz CT molecular complexity index is 504. The van der Waals surface area contributed by atoms with E-state index in [9.17, 15) is 9.90 Å². The maximum atomic E-state index is 12.4. The number of aliphatic hydroxyl groups is 1. The van der Waals surface area contributed by atoms with Crippen LogP contribution in [0.3, 0.4) is 0 Å². The number of likely N-dealkylation sites (tertiary alicyclic amines) is 1. The lowest BCUT2D eigenvalue weighted by Crippen LogP contribution is -2.43. The van der Waals surface area contributed by atoms with Gasteiger partial charge in [0.25, 0.3) is 0 Å². The van der Waals surface area contributed by atoms with Gasteiger partial charge in [-0.05, 0) is 37.3 Å². The van der Waals surface area contributed by atoms with Crippen molar-refractivity contribution in [2.75, 3.05) is 32.8 Å². The molecule has 1 aliphatic carbocycles. The lowest BCUT2D eigenvalue weighted by Gasteiger charge is -2.23. The molecule has 126 valence electrons. The van der Waals surface area contributed by atoms with Crippen molar-refractivity contribution in [1.29, 1.82) is 0 Å². The first-order valence-electron chi connectivity index (χ1n) is 8.68. The van der Waals surface area contributed by atoms with Gasteiger partial charge in [0.1, 0.15) is 0 Å². The van der Waals surface area contributed by atoms with E-state index in [1.165, 1.54) is 25.8 Å². The zero-order valence-electron chi connectivity index (χ0n) is 13.7. The van der Waals surface area contributed by atoms with Gasteiger partial charge < -0.3 is 20.2 Å². The fourth-order valence-electron chi connectivity index (χ4n) is 3.32. The molecule has 1 aromatic carbocycles. The summed E-state index contributed by atoms with van der Waals surface area (Å²) in [5.41, 5.74) is 1.08. The third-order valence-electron chi connectivity index (χ3n) is 4.80. The van der Waals surface area contributed by atoms with E-state index in [2.05, 4.69) is 10.2 Å². The Kier molecular flexibility index (Phi) is 5.51. The lowest BCUT2D eigenvalue weighted by atomic mass is 10.1. The summed E-state index contributed by atoms with van der Waals surface area (Å²) in [6.45, 7) is 3.91. The molecule has 1 heterocycles. The molecule has 23 heavy (non-hydrogen) atoms. The van der Waals surface area contributed by atoms with Crippen LogP contribution in [0.15, 0.2) is 30.3 Å². The number of aliphatic hydroxyl groups excluding tert-OH is 1. The van der Waals surface area contributed by atoms with E-state index in [0.717, 1.165) is 24.7 Å². The molecule has 2 N–H and O–H groups in total. The van der Waals surface area contributed by atoms with Crippen molar-refractivity contribution in [3.8, 4) is 0 Å². The summed E-state index contributed by atoms with van der Waals surface area (Å²) >= 11 is 0. The van der Waals surface area contributed by atoms with Gasteiger partial charge in [-0.2, -0.15) is 0 Å². The first kappa shape index (κ1) is 16.3. The Balaban J connectivity index is 1.46. The van der Waals surface area contributed by atoms with Gasteiger partial charge in [-0.25, -0.2) is 4.79 Å². The van der Waals surface area contributed by atoms with E-state index in [1.54, 1.807) is 4.90 Å². The molecule has 2 aliphatic rings. The van der Waals surface area contributed by atoms with Crippen molar-refractivity contribution < 1.29 is 9.90 Å². The Labute approximate surface area is 138 Å². The molecule has 1 atom stereocenters. The smallest absolute Gasteiger partial charge is 0.317 e. The maximum absolute atomic E-state index is 12.4. The van der Waals surface area contributed by atoms with Crippen molar-refractivity contribution in [3.05, 3.63) is 35.9 Å². The number of carbonyl (C=O) groups excluding carboxylic acids is 1. The number of amides is 2. The molecule has 5 nitrogen and oxygen atoms in total. The number of hydrogen-bond donors (Lipinski definition) is 2. The molecule has 0 radical (unpaired) electrons. The summed E-state index contributed by atoms with van der Waals surface area (Å²) in [5.74, 6) is 0.562. The number of rotatable bonds is 7. The van der Waals surface area contributed by atoms with Crippen LogP contribution < -0.4 is 5.32 Å². The highest BCUT2D eigenvalue weighted by molar-refractivity contribution is 5.74. The average molecular weight is 317 g/mol. The molecule has 1 saturated heterocycles. The van der Waals surface area contributed by atoms with Crippen LogP contribution in [0.1, 0.15) is 24.8 Å². The molecule has 2 fully saturated rings. The third-order valence-corrected chi connectivity index (χ3v) is 4.80. The Morgan fingerprint density at radius 1 is 1.26 bits per heavy atom. The number of nitrogens with zero attached hydrogens (tertiary/aromatic N) is 2. The van der Waals surface area contributed by atoms with Crippen LogP contribution in [0.25, 0.3) is 0 Å². The molecule has 3 rings (SSSR count). The Hall–Kier alpha value is -1.59. The first-order chi connectivity index (χ1) is 11.3. The monoisotopic (exact) mass is 317 g/mol. The van der Waals surface area contributed by atoms with Crippen LogP contribution in [0.4, 0.5) is 4.79 Å². The fraction of sp³-hybridized carbons (Fsp3) is 0.611. The van der Waals surface area contributed by atoms with Crippen molar-refractivity contribution in [1.82, 2.24) is 15.1 Å². The summed E-state index contributed by atoms with van der Waals surface area (Å²) in [5, 5.41) is 12.3. The van der Waals surface area contributed by atoms with Gasteiger partial charge in [0.05, 0.1) is 6.61 Å². The summed E-state index contributed by atoms with van der Waals surface area (Å²) in [7, 11) is 0. The third kappa shape index (κ3) is 4.69. The van der Waals surface area contributed by atoms with Crippen molar-refractivity contribution in [2.24, 2.45) is 5.92 Å². The van der Waals surface area contributed by atoms with Crippen LogP contribution in [0, 0.1) is 5.92 Å². The molecule has 2 amide bonds. The van der Waals surface area contributed by atoms with Crippen molar-refractivity contribution in [2.45, 2.75) is 31.8 Å². The fourth-order valence-corrected chi connectivity index (χ4v) is 3.32. The van der Waals surface area contributed by atoms with Crippen molar-refractivity contribution in [3.63, 3.8) is 0 Å². The van der Waals surface area contributed by atoms with Gasteiger partial charge in [-0.3, -0.25) is 0 Å². The minimum atomic E-state index is -0.0761. The molecule has 1 saturated carbocycles. The molecule has 1 aromatic rings. The lowest BCUT2D eigenvalue weighted by molar-refractivity contribution is 0.172. The van der Waals surface area contributed by atoms with Crippen LogP contribution in [-0.2, 0) is 6.54 Å².